The van der Waals surface area contributed by atoms with Gasteiger partial charge in [-0.15, -0.1) is 13.2 Å². The van der Waals surface area contributed by atoms with Crippen molar-refractivity contribution in [2.45, 2.75) is 20.3 Å². The highest BCUT2D eigenvalue weighted by Crippen LogP contribution is 2.18. The summed E-state index contributed by atoms with van der Waals surface area (Å²) >= 11 is 0. The Morgan fingerprint density at radius 3 is 2.36 bits per heavy atom. The van der Waals surface area contributed by atoms with Crippen LogP contribution in [-0.2, 0) is 0 Å². The molecule has 1 heteroatoms. The highest BCUT2D eigenvalue weighted by molar-refractivity contribution is 4.82. The van der Waals surface area contributed by atoms with Gasteiger partial charge in [0, 0.05) is 13.1 Å². The molecule has 0 unspecified atom stereocenters. The molecule has 0 bridgehead atoms. The van der Waals surface area contributed by atoms with E-state index in [0.29, 0.717) is 5.41 Å². The van der Waals surface area contributed by atoms with Gasteiger partial charge in [0.2, 0.25) is 0 Å². The zero-order chi connectivity index (χ0) is 8.74. The Morgan fingerprint density at radius 2 is 1.91 bits per heavy atom. The molecule has 0 saturated heterocycles. The number of hydrogen-bond donors (Lipinski definition) is 1. The SMILES string of the molecule is C=CCNCC(C)(C)CC=C. The molecule has 0 aliphatic heterocycles. The molecule has 0 saturated carbocycles. The van der Waals surface area contributed by atoms with Gasteiger partial charge in [0.25, 0.3) is 0 Å². The average molecular weight is 153 g/mol. The molecule has 0 aromatic rings. The van der Waals surface area contributed by atoms with Crippen LogP contribution >= 0.6 is 0 Å². The summed E-state index contributed by atoms with van der Waals surface area (Å²) in [6.07, 6.45) is 4.90. The Hall–Kier alpha value is -0.560. The molecular formula is C10H19N. The Morgan fingerprint density at radius 1 is 1.27 bits per heavy atom. The molecule has 0 spiro atoms. The molecule has 0 aromatic carbocycles. The first kappa shape index (κ1) is 10.4. The Kier molecular flexibility index (Phi) is 4.88. The van der Waals surface area contributed by atoms with Crippen LogP contribution < -0.4 is 5.32 Å². The predicted octanol–water partition coefficient (Wildman–Crippen LogP) is 2.36. The molecule has 0 fully saturated rings. The van der Waals surface area contributed by atoms with Crippen molar-refractivity contribution in [2.24, 2.45) is 5.41 Å². The molecule has 0 aromatic heterocycles. The third-order valence-corrected chi connectivity index (χ3v) is 1.59. The monoisotopic (exact) mass is 153 g/mol. The van der Waals surface area contributed by atoms with Crippen molar-refractivity contribution in [3.05, 3.63) is 25.3 Å². The maximum Gasteiger partial charge on any atom is 0.0132 e. The number of allylic oxidation sites excluding steroid dienone is 1. The van der Waals surface area contributed by atoms with E-state index < -0.39 is 0 Å². The number of rotatable bonds is 6. The van der Waals surface area contributed by atoms with Gasteiger partial charge >= 0.3 is 0 Å². The van der Waals surface area contributed by atoms with E-state index in [-0.39, 0.29) is 0 Å². The lowest BCUT2D eigenvalue weighted by Gasteiger charge is -2.22. The summed E-state index contributed by atoms with van der Waals surface area (Å²) in [5.41, 5.74) is 0.324. The van der Waals surface area contributed by atoms with Crippen molar-refractivity contribution in [2.75, 3.05) is 13.1 Å². The van der Waals surface area contributed by atoms with Crippen molar-refractivity contribution in [1.82, 2.24) is 5.32 Å². The smallest absolute Gasteiger partial charge is 0.0132 e. The first-order valence-electron chi connectivity index (χ1n) is 4.05. The fraction of sp³-hybridized carbons (Fsp3) is 0.600. The van der Waals surface area contributed by atoms with Gasteiger partial charge in [0.1, 0.15) is 0 Å². The van der Waals surface area contributed by atoms with E-state index in [9.17, 15) is 0 Å². The zero-order valence-electron chi connectivity index (χ0n) is 7.69. The highest BCUT2D eigenvalue weighted by atomic mass is 14.9. The van der Waals surface area contributed by atoms with Crippen molar-refractivity contribution in [1.29, 1.82) is 0 Å². The Bertz CT molecular complexity index is 125. The van der Waals surface area contributed by atoms with Crippen LogP contribution in [0.5, 0.6) is 0 Å². The molecule has 0 heterocycles. The van der Waals surface area contributed by atoms with Crippen molar-refractivity contribution >= 4 is 0 Å². The second-order valence-electron chi connectivity index (χ2n) is 3.58. The van der Waals surface area contributed by atoms with Crippen LogP contribution in [-0.4, -0.2) is 13.1 Å². The normalized spacial score (nSPS) is 11.1. The summed E-state index contributed by atoms with van der Waals surface area (Å²) in [7, 11) is 0. The van der Waals surface area contributed by atoms with E-state index in [1.807, 2.05) is 12.2 Å². The van der Waals surface area contributed by atoms with Gasteiger partial charge in [-0.3, -0.25) is 0 Å². The van der Waals surface area contributed by atoms with Gasteiger partial charge in [0.05, 0.1) is 0 Å². The van der Waals surface area contributed by atoms with Gasteiger partial charge in [-0.1, -0.05) is 26.0 Å². The quantitative estimate of drug-likeness (QED) is 0.456. The fourth-order valence-corrected chi connectivity index (χ4v) is 0.976. The van der Waals surface area contributed by atoms with Crippen molar-refractivity contribution in [3.8, 4) is 0 Å². The second-order valence-corrected chi connectivity index (χ2v) is 3.58. The molecule has 0 radical (unpaired) electrons. The second kappa shape index (κ2) is 5.14. The van der Waals surface area contributed by atoms with E-state index >= 15 is 0 Å². The van der Waals surface area contributed by atoms with Crippen LogP contribution in [0.1, 0.15) is 20.3 Å². The zero-order valence-corrected chi connectivity index (χ0v) is 7.69. The number of nitrogens with one attached hydrogen (secondary N) is 1. The minimum absolute atomic E-state index is 0.324. The molecule has 1 nitrogen and oxygen atoms in total. The Balaban J connectivity index is 3.53. The van der Waals surface area contributed by atoms with Crippen molar-refractivity contribution in [3.63, 3.8) is 0 Å². The Labute approximate surface area is 70.2 Å². The van der Waals surface area contributed by atoms with E-state index in [4.69, 9.17) is 0 Å². The predicted molar refractivity (Wildman–Crippen MR) is 51.7 cm³/mol. The summed E-state index contributed by atoms with van der Waals surface area (Å²) in [5, 5.41) is 3.29. The fourth-order valence-electron chi connectivity index (χ4n) is 0.976. The molecule has 0 aliphatic rings. The van der Waals surface area contributed by atoms with Crippen LogP contribution in [0, 0.1) is 5.41 Å². The standard InChI is InChI=1S/C10H19N/c1-5-7-10(3,4)9-11-8-6-2/h5-6,11H,1-2,7-9H2,3-4H3. The topological polar surface area (TPSA) is 12.0 Å². The minimum Gasteiger partial charge on any atom is -0.313 e. The van der Waals surface area contributed by atoms with Crippen LogP contribution in [0.15, 0.2) is 25.3 Å². The van der Waals surface area contributed by atoms with Gasteiger partial charge in [0.15, 0.2) is 0 Å². The first-order chi connectivity index (χ1) is 5.12. The lowest BCUT2D eigenvalue weighted by molar-refractivity contribution is 0.352. The minimum atomic E-state index is 0.324. The summed E-state index contributed by atoms with van der Waals surface area (Å²) in [4.78, 5) is 0. The van der Waals surface area contributed by atoms with E-state index in [1.54, 1.807) is 0 Å². The van der Waals surface area contributed by atoms with Gasteiger partial charge in [-0.05, 0) is 11.8 Å². The van der Waals surface area contributed by atoms with E-state index in [0.717, 1.165) is 19.5 Å². The first-order valence-corrected chi connectivity index (χ1v) is 4.05. The van der Waals surface area contributed by atoms with Gasteiger partial charge in [-0.2, -0.15) is 0 Å². The average Bonchev–Trinajstić information content (AvgIpc) is 1.87. The van der Waals surface area contributed by atoms with E-state index in [2.05, 4.69) is 32.3 Å². The third kappa shape index (κ3) is 5.86. The van der Waals surface area contributed by atoms with Gasteiger partial charge in [-0.25, -0.2) is 0 Å². The molecule has 0 atom stereocenters. The summed E-state index contributed by atoms with van der Waals surface area (Å²) in [6.45, 7) is 13.7. The third-order valence-electron chi connectivity index (χ3n) is 1.59. The van der Waals surface area contributed by atoms with Crippen LogP contribution in [0.3, 0.4) is 0 Å². The van der Waals surface area contributed by atoms with Gasteiger partial charge < -0.3 is 5.32 Å². The van der Waals surface area contributed by atoms with Crippen LogP contribution in [0.2, 0.25) is 0 Å². The van der Waals surface area contributed by atoms with E-state index in [1.165, 1.54) is 0 Å². The largest absolute Gasteiger partial charge is 0.313 e. The summed E-state index contributed by atoms with van der Waals surface area (Å²) in [6, 6.07) is 0. The summed E-state index contributed by atoms with van der Waals surface area (Å²) in [5.74, 6) is 0. The molecule has 0 rings (SSSR count). The molecule has 1 N–H and O–H groups in total. The van der Waals surface area contributed by atoms with Crippen LogP contribution in [0.4, 0.5) is 0 Å². The lowest BCUT2D eigenvalue weighted by atomic mass is 9.89. The van der Waals surface area contributed by atoms with Crippen LogP contribution in [0.25, 0.3) is 0 Å². The lowest BCUT2D eigenvalue weighted by Crippen LogP contribution is -2.28. The summed E-state index contributed by atoms with van der Waals surface area (Å²) < 4.78 is 0. The number of hydrogen-bond acceptors (Lipinski definition) is 1. The molecular weight excluding hydrogens is 134 g/mol. The maximum atomic E-state index is 3.73. The molecule has 0 aliphatic carbocycles. The highest BCUT2D eigenvalue weighted by Gasteiger charge is 2.13. The maximum absolute atomic E-state index is 3.73. The molecule has 0 amide bonds. The molecule has 11 heavy (non-hydrogen) atoms. The molecule has 64 valence electrons. The van der Waals surface area contributed by atoms with Crippen molar-refractivity contribution < 1.29 is 0 Å².